The average Bonchev–Trinajstić information content (AvgIpc) is 3.34. The zero-order valence-corrected chi connectivity index (χ0v) is 26.8. The van der Waals surface area contributed by atoms with Crippen LogP contribution in [0.2, 0.25) is 0 Å². The van der Waals surface area contributed by atoms with Crippen molar-refractivity contribution in [1.82, 2.24) is 20.1 Å². The summed E-state index contributed by atoms with van der Waals surface area (Å²) in [6.45, 7) is 7.48. The van der Waals surface area contributed by atoms with E-state index >= 15 is 8.78 Å². The number of hydrogen-bond donors (Lipinski definition) is 1. The quantitative estimate of drug-likeness (QED) is 0.257. The van der Waals surface area contributed by atoms with Gasteiger partial charge in [0, 0.05) is 43.0 Å². The molecule has 13 heteroatoms. The van der Waals surface area contributed by atoms with Gasteiger partial charge < -0.3 is 14.8 Å². The maximum atomic E-state index is 15.9. The largest absolute Gasteiger partial charge is 0.463 e. The van der Waals surface area contributed by atoms with Crippen LogP contribution in [0.15, 0.2) is 58.7 Å². The maximum absolute atomic E-state index is 15.9. The van der Waals surface area contributed by atoms with Gasteiger partial charge in [-0.1, -0.05) is 24.8 Å². The summed E-state index contributed by atoms with van der Waals surface area (Å²) in [5.41, 5.74) is 1.00. The van der Waals surface area contributed by atoms with Crippen molar-refractivity contribution in [2.24, 2.45) is 10.4 Å². The number of aromatic nitrogens is 1. The second-order valence-electron chi connectivity index (χ2n) is 12.5. The van der Waals surface area contributed by atoms with Crippen LogP contribution in [0.5, 0.6) is 0 Å². The summed E-state index contributed by atoms with van der Waals surface area (Å²) >= 11 is 1.34. The number of nitrogens with one attached hydrogen (secondary N) is 1. The number of thiazole rings is 1. The average molecular weight is 658 g/mol. The number of esters is 2. The second kappa shape index (κ2) is 12.9. The van der Waals surface area contributed by atoms with Crippen molar-refractivity contribution >= 4 is 29.1 Å². The number of alkyl halides is 2. The Kier molecular flexibility index (Phi) is 9.10. The number of likely N-dealkylation sites (tertiary alicyclic amines) is 2. The number of fused-ring (bicyclic) bond motifs is 1. The number of hydrogen-bond acceptors (Lipinski definition) is 10. The first kappa shape index (κ1) is 32.4. The molecular formula is C33H38F3N5O4S. The number of aliphatic imine (C=N–C) groups is 1. The smallest absolute Gasteiger partial charge is 0.338 e. The molecule has 1 saturated carbocycles. The molecule has 4 heterocycles. The minimum atomic E-state index is -3.02. The van der Waals surface area contributed by atoms with Crippen LogP contribution < -0.4 is 5.32 Å². The summed E-state index contributed by atoms with van der Waals surface area (Å²) < 4.78 is 57.2. The van der Waals surface area contributed by atoms with Crippen molar-refractivity contribution in [3.8, 4) is 0 Å². The van der Waals surface area contributed by atoms with Crippen LogP contribution in [0.4, 0.5) is 13.2 Å². The Morgan fingerprint density at radius 3 is 2.74 bits per heavy atom. The van der Waals surface area contributed by atoms with Crippen molar-refractivity contribution in [2.45, 2.75) is 63.6 Å². The van der Waals surface area contributed by atoms with Crippen LogP contribution in [0.3, 0.4) is 0 Å². The van der Waals surface area contributed by atoms with Gasteiger partial charge in [0.15, 0.2) is 10.8 Å². The van der Waals surface area contributed by atoms with E-state index in [0.29, 0.717) is 47.2 Å². The van der Waals surface area contributed by atoms with E-state index < -0.39 is 42.4 Å². The summed E-state index contributed by atoms with van der Waals surface area (Å²) in [5.74, 6) is -4.07. The molecule has 6 rings (SSSR count). The topological polar surface area (TPSA) is 96.4 Å². The molecule has 1 aromatic heterocycles. The van der Waals surface area contributed by atoms with Crippen LogP contribution in [0, 0.1) is 18.2 Å². The van der Waals surface area contributed by atoms with E-state index in [0.717, 1.165) is 12.8 Å². The highest BCUT2D eigenvalue weighted by molar-refractivity contribution is 7.11. The van der Waals surface area contributed by atoms with Crippen LogP contribution in [-0.2, 0) is 19.1 Å². The lowest BCUT2D eigenvalue weighted by molar-refractivity contribution is -0.144. The molecule has 0 amide bonds. The molecule has 0 radical (unpaired) electrons. The third kappa shape index (κ3) is 6.37. The first-order valence-corrected chi connectivity index (χ1v) is 16.5. The molecule has 4 aliphatic rings. The van der Waals surface area contributed by atoms with Gasteiger partial charge in [0.1, 0.15) is 18.5 Å². The molecule has 2 saturated heterocycles. The number of ether oxygens (including phenoxy) is 2. The van der Waals surface area contributed by atoms with E-state index in [-0.39, 0.29) is 43.1 Å². The van der Waals surface area contributed by atoms with E-state index in [4.69, 9.17) is 14.5 Å². The SMILES string of the molecule is C=CCOC(=O)CC1(CN2CCC3C2C(F)(F)CN3CC2=C(C(=O)OCC)[C@H](c3cccc(F)c3C)N=C(c3nccs3)N2)CC1. The molecule has 2 aromatic rings. The standard InChI is InChI=1S/C33H38F3N5O4S/c1-4-14-45-25(42)16-32(10-11-32)18-40-13-9-24-28(40)33(35,36)19-41(24)17-23-26(31(43)44-5-2)27(21-7-6-8-22(34)20(21)3)39-29(38-23)30-37-12-15-46-30/h4,6-8,12,15,24,27-28H,1,5,9-11,13-14,16-19H2,2-3H3,(H,38,39)/t24?,27-,28?/m0/s1. The summed E-state index contributed by atoms with van der Waals surface area (Å²) in [7, 11) is 0. The fourth-order valence-corrected chi connectivity index (χ4v) is 7.66. The third-order valence-corrected chi connectivity index (χ3v) is 10.2. The Morgan fingerprint density at radius 2 is 2.04 bits per heavy atom. The van der Waals surface area contributed by atoms with Crippen LogP contribution in [0.25, 0.3) is 0 Å². The monoisotopic (exact) mass is 657 g/mol. The molecule has 9 nitrogen and oxygen atoms in total. The highest BCUT2D eigenvalue weighted by Crippen LogP contribution is 2.52. The first-order valence-electron chi connectivity index (χ1n) is 15.6. The molecule has 2 unspecified atom stereocenters. The highest BCUT2D eigenvalue weighted by atomic mass is 32.1. The summed E-state index contributed by atoms with van der Waals surface area (Å²) in [6.07, 6.45) is 5.43. The minimum Gasteiger partial charge on any atom is -0.463 e. The van der Waals surface area contributed by atoms with Gasteiger partial charge in [-0.3, -0.25) is 19.6 Å². The van der Waals surface area contributed by atoms with Crippen molar-refractivity contribution in [3.63, 3.8) is 0 Å². The molecular weight excluding hydrogens is 619 g/mol. The lowest BCUT2D eigenvalue weighted by Gasteiger charge is -2.32. The molecule has 3 aliphatic heterocycles. The highest BCUT2D eigenvalue weighted by Gasteiger charge is 2.61. The maximum Gasteiger partial charge on any atom is 0.338 e. The number of benzene rings is 1. The fraction of sp³-hybridized carbons (Fsp3) is 0.515. The van der Waals surface area contributed by atoms with Crippen molar-refractivity contribution in [1.29, 1.82) is 0 Å². The Hall–Kier alpha value is -3.55. The van der Waals surface area contributed by atoms with Crippen LogP contribution in [-0.4, -0.2) is 90.0 Å². The number of carbonyl (C=O) groups is 2. The van der Waals surface area contributed by atoms with E-state index in [1.165, 1.54) is 23.5 Å². The van der Waals surface area contributed by atoms with Gasteiger partial charge in [-0.15, -0.1) is 11.3 Å². The van der Waals surface area contributed by atoms with Gasteiger partial charge >= 0.3 is 11.9 Å². The Morgan fingerprint density at radius 1 is 1.24 bits per heavy atom. The summed E-state index contributed by atoms with van der Waals surface area (Å²) in [6, 6.07) is 2.17. The summed E-state index contributed by atoms with van der Waals surface area (Å²) in [4.78, 5) is 38.7. The lowest BCUT2D eigenvalue weighted by Crippen LogP contribution is -2.47. The number of rotatable bonds is 12. The van der Waals surface area contributed by atoms with Crippen LogP contribution >= 0.6 is 11.3 Å². The molecule has 1 aliphatic carbocycles. The van der Waals surface area contributed by atoms with E-state index in [1.807, 2.05) is 4.90 Å². The third-order valence-electron chi connectivity index (χ3n) is 9.38. The van der Waals surface area contributed by atoms with Gasteiger partial charge in [0.25, 0.3) is 5.92 Å². The molecule has 1 aromatic carbocycles. The number of nitrogens with zero attached hydrogens (tertiary/aromatic N) is 4. The minimum absolute atomic E-state index is 0.00697. The number of amidine groups is 1. The number of halogens is 3. The first-order chi connectivity index (χ1) is 22.1. The predicted molar refractivity (Wildman–Crippen MR) is 167 cm³/mol. The second-order valence-corrected chi connectivity index (χ2v) is 13.4. The molecule has 46 heavy (non-hydrogen) atoms. The molecule has 0 bridgehead atoms. The number of carbonyl (C=O) groups excluding carboxylic acids is 2. The molecule has 1 N–H and O–H groups in total. The zero-order chi connectivity index (χ0) is 32.6. The van der Waals surface area contributed by atoms with Crippen molar-refractivity contribution in [3.05, 3.63) is 75.7 Å². The fourth-order valence-electron chi connectivity index (χ4n) is 7.08. The van der Waals surface area contributed by atoms with E-state index in [9.17, 15) is 14.0 Å². The molecule has 3 fully saturated rings. The lowest BCUT2D eigenvalue weighted by atomic mass is 9.92. The van der Waals surface area contributed by atoms with Gasteiger partial charge in [-0.2, -0.15) is 0 Å². The zero-order valence-electron chi connectivity index (χ0n) is 25.9. The van der Waals surface area contributed by atoms with Gasteiger partial charge in [0.05, 0.1) is 31.2 Å². The Balaban J connectivity index is 1.30. The molecule has 0 spiro atoms. The van der Waals surface area contributed by atoms with Gasteiger partial charge in [-0.05, 0) is 55.7 Å². The van der Waals surface area contributed by atoms with Crippen LogP contribution in [0.1, 0.15) is 54.8 Å². The molecule has 246 valence electrons. The molecule has 3 atom stereocenters. The Labute approximate surface area is 270 Å². The summed E-state index contributed by atoms with van der Waals surface area (Å²) in [5, 5.41) is 5.58. The van der Waals surface area contributed by atoms with Crippen molar-refractivity contribution in [2.75, 3.05) is 39.4 Å². The van der Waals surface area contributed by atoms with E-state index in [1.54, 1.807) is 42.5 Å². The predicted octanol–water partition coefficient (Wildman–Crippen LogP) is 4.79. The van der Waals surface area contributed by atoms with Gasteiger partial charge in [0.2, 0.25) is 0 Å². The van der Waals surface area contributed by atoms with Gasteiger partial charge in [-0.25, -0.2) is 22.9 Å². The normalized spacial score (nSPS) is 25.1. The van der Waals surface area contributed by atoms with Crippen molar-refractivity contribution < 1.29 is 32.2 Å². The Bertz CT molecular complexity index is 1560. The van der Waals surface area contributed by atoms with E-state index in [2.05, 4.69) is 16.9 Å².